The van der Waals surface area contributed by atoms with Gasteiger partial charge in [0.05, 0.1) is 11.2 Å². The topological polar surface area (TPSA) is 44.2 Å². The fraction of sp³-hybridized carbons (Fsp3) is 0.429. The van der Waals surface area contributed by atoms with Gasteiger partial charge in [0.15, 0.2) is 5.15 Å². The van der Waals surface area contributed by atoms with E-state index in [1.54, 1.807) is 0 Å². The van der Waals surface area contributed by atoms with E-state index in [4.69, 9.17) is 20.9 Å². The SMILES string of the molecule is CC1(C)OB(c2nnc(Cl)c3ccccc23)OC1(C)C. The second kappa shape index (κ2) is 4.42. The molecule has 6 heteroatoms. The Balaban J connectivity index is 2.11. The summed E-state index contributed by atoms with van der Waals surface area (Å²) >= 11 is 6.09. The summed E-state index contributed by atoms with van der Waals surface area (Å²) in [6.45, 7) is 8.05. The van der Waals surface area contributed by atoms with Crippen molar-refractivity contribution in [2.45, 2.75) is 38.9 Å². The minimum atomic E-state index is -0.533. The van der Waals surface area contributed by atoms with Gasteiger partial charge in [0, 0.05) is 10.8 Å². The van der Waals surface area contributed by atoms with Crippen molar-refractivity contribution in [2.24, 2.45) is 0 Å². The van der Waals surface area contributed by atoms with Crippen molar-refractivity contribution in [1.29, 1.82) is 0 Å². The van der Waals surface area contributed by atoms with Crippen molar-refractivity contribution < 1.29 is 9.31 Å². The minimum Gasteiger partial charge on any atom is -0.398 e. The van der Waals surface area contributed by atoms with Crippen LogP contribution in [0.1, 0.15) is 27.7 Å². The Morgan fingerprint density at radius 3 is 2.10 bits per heavy atom. The molecule has 0 bridgehead atoms. The summed E-state index contributed by atoms with van der Waals surface area (Å²) in [4.78, 5) is 0. The Morgan fingerprint density at radius 1 is 0.950 bits per heavy atom. The number of hydrogen-bond donors (Lipinski definition) is 0. The first kappa shape index (κ1) is 13.8. The van der Waals surface area contributed by atoms with Gasteiger partial charge in [0.2, 0.25) is 0 Å². The molecule has 2 aromatic rings. The van der Waals surface area contributed by atoms with Gasteiger partial charge in [-0.3, -0.25) is 0 Å². The predicted molar refractivity (Wildman–Crippen MR) is 80.3 cm³/mol. The fourth-order valence-electron chi connectivity index (χ4n) is 2.22. The van der Waals surface area contributed by atoms with E-state index in [0.717, 1.165) is 10.8 Å². The van der Waals surface area contributed by atoms with Crippen molar-refractivity contribution in [1.82, 2.24) is 10.2 Å². The molecular weight excluding hydrogens is 274 g/mol. The molecule has 1 saturated heterocycles. The maximum Gasteiger partial charge on any atom is 0.517 e. The number of hydrogen-bond acceptors (Lipinski definition) is 4. The third-order valence-electron chi connectivity index (χ3n) is 4.15. The molecule has 0 spiro atoms. The first-order valence-corrected chi connectivity index (χ1v) is 6.96. The smallest absolute Gasteiger partial charge is 0.398 e. The molecule has 20 heavy (non-hydrogen) atoms. The van der Waals surface area contributed by atoms with Crippen LogP contribution >= 0.6 is 11.6 Å². The van der Waals surface area contributed by atoms with Crippen molar-refractivity contribution in [3.8, 4) is 0 Å². The van der Waals surface area contributed by atoms with Gasteiger partial charge in [-0.1, -0.05) is 35.9 Å². The highest BCUT2D eigenvalue weighted by Crippen LogP contribution is 2.36. The summed E-state index contributed by atoms with van der Waals surface area (Å²) < 4.78 is 12.1. The monoisotopic (exact) mass is 290 g/mol. The molecule has 0 N–H and O–H groups in total. The van der Waals surface area contributed by atoms with E-state index in [1.807, 2.05) is 52.0 Å². The molecule has 3 rings (SSSR count). The third kappa shape index (κ3) is 2.01. The van der Waals surface area contributed by atoms with Gasteiger partial charge in [-0.2, -0.15) is 5.10 Å². The Kier molecular flexibility index (Phi) is 3.05. The standard InChI is InChI=1S/C14H16BClN2O2/c1-13(2)14(3,4)20-15(19-13)11-9-7-5-6-8-10(9)12(16)18-17-11/h5-8H,1-4H3. The van der Waals surface area contributed by atoms with Crippen LogP contribution in [-0.4, -0.2) is 28.5 Å². The van der Waals surface area contributed by atoms with Crippen LogP contribution in [0.15, 0.2) is 24.3 Å². The van der Waals surface area contributed by atoms with Gasteiger partial charge in [-0.15, -0.1) is 5.10 Å². The molecule has 1 aromatic heterocycles. The van der Waals surface area contributed by atoms with Crippen LogP contribution in [0.25, 0.3) is 10.8 Å². The zero-order valence-electron chi connectivity index (χ0n) is 12.0. The molecule has 1 aliphatic rings. The van der Waals surface area contributed by atoms with E-state index in [-0.39, 0.29) is 0 Å². The lowest BCUT2D eigenvalue weighted by molar-refractivity contribution is 0.00578. The lowest BCUT2D eigenvalue weighted by atomic mass is 9.81. The molecule has 4 nitrogen and oxygen atoms in total. The number of fused-ring (bicyclic) bond motifs is 1. The molecular formula is C14H16BClN2O2. The van der Waals surface area contributed by atoms with Gasteiger partial charge in [-0.25, -0.2) is 0 Å². The quantitative estimate of drug-likeness (QED) is 0.757. The van der Waals surface area contributed by atoms with Crippen molar-refractivity contribution in [2.75, 3.05) is 0 Å². The van der Waals surface area contributed by atoms with Gasteiger partial charge in [0.25, 0.3) is 0 Å². The van der Waals surface area contributed by atoms with Gasteiger partial charge in [-0.05, 0) is 27.7 Å². The number of benzene rings is 1. The highest BCUT2D eigenvalue weighted by Gasteiger charge is 2.53. The summed E-state index contributed by atoms with van der Waals surface area (Å²) in [7, 11) is -0.533. The molecule has 0 atom stereocenters. The summed E-state index contributed by atoms with van der Waals surface area (Å²) in [5.41, 5.74) is -0.135. The number of nitrogens with zero attached hydrogens (tertiary/aromatic N) is 2. The summed E-state index contributed by atoms with van der Waals surface area (Å²) in [6, 6.07) is 7.73. The van der Waals surface area contributed by atoms with Crippen molar-refractivity contribution in [3.63, 3.8) is 0 Å². The zero-order valence-corrected chi connectivity index (χ0v) is 12.7. The van der Waals surface area contributed by atoms with Crippen LogP contribution in [0.5, 0.6) is 0 Å². The molecule has 104 valence electrons. The highest BCUT2D eigenvalue weighted by molar-refractivity contribution is 6.64. The maximum atomic E-state index is 6.09. The lowest BCUT2D eigenvalue weighted by Crippen LogP contribution is -2.41. The van der Waals surface area contributed by atoms with Gasteiger partial charge in [0.1, 0.15) is 5.59 Å². The van der Waals surface area contributed by atoms with Gasteiger partial charge < -0.3 is 9.31 Å². The summed E-state index contributed by atoms with van der Waals surface area (Å²) in [6.07, 6.45) is 0. The molecule has 1 fully saturated rings. The average Bonchev–Trinajstić information content (AvgIpc) is 2.59. The van der Waals surface area contributed by atoms with E-state index < -0.39 is 18.3 Å². The first-order chi connectivity index (χ1) is 9.32. The molecule has 1 aliphatic heterocycles. The van der Waals surface area contributed by atoms with Crippen molar-refractivity contribution >= 4 is 35.1 Å². The molecule has 0 unspecified atom stereocenters. The van der Waals surface area contributed by atoms with Crippen LogP contribution in [0.2, 0.25) is 5.15 Å². The fourth-order valence-corrected chi connectivity index (χ4v) is 2.42. The molecule has 0 amide bonds. The summed E-state index contributed by atoms with van der Waals surface area (Å²) in [5, 5.41) is 10.3. The molecule has 0 saturated carbocycles. The Hall–Kier alpha value is -1.17. The Labute approximate surface area is 123 Å². The number of rotatable bonds is 1. The van der Waals surface area contributed by atoms with E-state index in [1.165, 1.54) is 0 Å². The Morgan fingerprint density at radius 2 is 1.50 bits per heavy atom. The van der Waals surface area contributed by atoms with Gasteiger partial charge >= 0.3 is 7.12 Å². The Bertz CT molecular complexity index is 659. The number of halogens is 1. The molecule has 0 aliphatic carbocycles. The first-order valence-electron chi connectivity index (χ1n) is 6.58. The maximum absolute atomic E-state index is 6.09. The summed E-state index contributed by atoms with van der Waals surface area (Å²) in [5.74, 6) is 0. The van der Waals surface area contributed by atoms with Crippen LogP contribution in [0.3, 0.4) is 0 Å². The van der Waals surface area contributed by atoms with E-state index in [9.17, 15) is 0 Å². The van der Waals surface area contributed by atoms with E-state index in [0.29, 0.717) is 10.7 Å². The van der Waals surface area contributed by atoms with Crippen LogP contribution in [0.4, 0.5) is 0 Å². The second-order valence-electron chi connectivity index (χ2n) is 6.01. The van der Waals surface area contributed by atoms with Crippen LogP contribution in [0, 0.1) is 0 Å². The predicted octanol–water partition coefficient (Wildman–Crippen LogP) is 2.58. The minimum absolute atomic E-state index is 0.390. The second-order valence-corrected chi connectivity index (χ2v) is 6.37. The van der Waals surface area contributed by atoms with Crippen LogP contribution in [-0.2, 0) is 9.31 Å². The number of aromatic nitrogens is 2. The zero-order chi connectivity index (χ0) is 14.5. The van der Waals surface area contributed by atoms with Crippen molar-refractivity contribution in [3.05, 3.63) is 29.4 Å². The van der Waals surface area contributed by atoms with E-state index >= 15 is 0 Å². The highest BCUT2D eigenvalue weighted by atomic mass is 35.5. The molecule has 0 radical (unpaired) electrons. The molecule has 2 heterocycles. The largest absolute Gasteiger partial charge is 0.517 e. The average molecular weight is 291 g/mol. The van der Waals surface area contributed by atoms with E-state index in [2.05, 4.69) is 10.2 Å². The third-order valence-corrected chi connectivity index (χ3v) is 4.43. The normalized spacial score (nSPS) is 20.6. The van der Waals surface area contributed by atoms with Crippen LogP contribution < -0.4 is 5.59 Å². The molecule has 1 aromatic carbocycles. The lowest BCUT2D eigenvalue weighted by Gasteiger charge is -2.32.